The zero-order chi connectivity index (χ0) is 23.3. The van der Waals surface area contributed by atoms with E-state index < -0.39 is 35.7 Å². The van der Waals surface area contributed by atoms with Gasteiger partial charge in [0, 0.05) is 26.6 Å². The zero-order valence-corrected chi connectivity index (χ0v) is 19.2. The lowest BCUT2D eigenvalue weighted by atomic mass is 10.1. The Kier molecular flexibility index (Phi) is 11.6. The van der Waals surface area contributed by atoms with Crippen molar-refractivity contribution in [2.75, 3.05) is 20.3 Å². The number of amides is 2. The Morgan fingerprint density at radius 1 is 1.00 bits per heavy atom. The van der Waals surface area contributed by atoms with Crippen LogP contribution in [0.3, 0.4) is 0 Å². The fraction of sp³-hybridized carbons (Fsp3) is 0.609. The molecule has 0 fully saturated rings. The first kappa shape index (κ1) is 26.4. The molecule has 2 atom stereocenters. The van der Waals surface area contributed by atoms with E-state index in [9.17, 15) is 14.4 Å². The smallest absolute Gasteiger partial charge is 0.408 e. The molecule has 1 aromatic carbocycles. The molecular weight excluding hydrogens is 400 g/mol. The van der Waals surface area contributed by atoms with Crippen LogP contribution in [0.5, 0.6) is 0 Å². The van der Waals surface area contributed by atoms with Gasteiger partial charge >= 0.3 is 12.1 Å². The van der Waals surface area contributed by atoms with Crippen molar-refractivity contribution >= 4 is 18.0 Å². The summed E-state index contributed by atoms with van der Waals surface area (Å²) in [7, 11) is 1.51. The monoisotopic (exact) mass is 436 g/mol. The Morgan fingerprint density at radius 2 is 1.68 bits per heavy atom. The Labute approximate surface area is 185 Å². The van der Waals surface area contributed by atoms with Crippen LogP contribution in [0.4, 0.5) is 4.79 Å². The fourth-order valence-electron chi connectivity index (χ4n) is 2.69. The third-order valence-electron chi connectivity index (χ3n) is 4.24. The third-order valence-corrected chi connectivity index (χ3v) is 4.24. The van der Waals surface area contributed by atoms with Crippen LogP contribution in [0.1, 0.15) is 52.5 Å². The first-order valence-corrected chi connectivity index (χ1v) is 10.7. The lowest BCUT2D eigenvalue weighted by Gasteiger charge is -2.25. The minimum Gasteiger partial charge on any atom is -0.464 e. The Morgan fingerprint density at radius 3 is 2.26 bits per heavy atom. The predicted molar refractivity (Wildman–Crippen MR) is 118 cm³/mol. The molecule has 8 nitrogen and oxygen atoms in total. The molecule has 0 radical (unpaired) electrons. The Hall–Kier alpha value is -2.61. The van der Waals surface area contributed by atoms with Crippen molar-refractivity contribution in [1.29, 1.82) is 0 Å². The number of benzene rings is 1. The molecule has 31 heavy (non-hydrogen) atoms. The molecule has 0 aliphatic heterocycles. The number of ether oxygens (including phenoxy) is 3. The Balaban J connectivity index is 2.90. The molecule has 1 aromatic rings. The average Bonchev–Trinajstić information content (AvgIpc) is 2.70. The second-order valence-corrected chi connectivity index (χ2v) is 8.25. The maximum atomic E-state index is 12.9. The number of methoxy groups -OCH3 is 1. The minimum absolute atomic E-state index is 0.227. The third kappa shape index (κ3) is 11.4. The van der Waals surface area contributed by atoms with Crippen molar-refractivity contribution in [2.24, 2.45) is 0 Å². The maximum absolute atomic E-state index is 12.9. The number of nitrogens with one attached hydrogen (secondary N) is 2. The van der Waals surface area contributed by atoms with Gasteiger partial charge in [0.05, 0.1) is 6.61 Å². The number of esters is 1. The van der Waals surface area contributed by atoms with E-state index in [1.807, 2.05) is 37.3 Å². The summed E-state index contributed by atoms with van der Waals surface area (Å²) >= 11 is 0. The van der Waals surface area contributed by atoms with Crippen molar-refractivity contribution in [1.82, 2.24) is 10.6 Å². The van der Waals surface area contributed by atoms with E-state index in [-0.39, 0.29) is 19.4 Å². The molecule has 0 spiro atoms. The SMILES string of the molecule is CCCCOC(=O)[C@H](Cc1ccccc1)NC(=O)[C@H](CCOC)NC(=O)OC(C)(C)C. The van der Waals surface area contributed by atoms with E-state index in [1.165, 1.54) is 7.11 Å². The van der Waals surface area contributed by atoms with Gasteiger partial charge in [0.2, 0.25) is 5.91 Å². The highest BCUT2D eigenvalue weighted by Gasteiger charge is 2.29. The molecule has 0 aromatic heterocycles. The lowest BCUT2D eigenvalue weighted by molar-refractivity contribution is -0.148. The van der Waals surface area contributed by atoms with Gasteiger partial charge in [0.15, 0.2) is 0 Å². The van der Waals surface area contributed by atoms with E-state index in [0.29, 0.717) is 6.61 Å². The van der Waals surface area contributed by atoms with Crippen LogP contribution in [0.25, 0.3) is 0 Å². The van der Waals surface area contributed by atoms with Gasteiger partial charge in [-0.3, -0.25) is 4.79 Å². The topological polar surface area (TPSA) is 103 Å². The van der Waals surface area contributed by atoms with E-state index in [2.05, 4.69) is 10.6 Å². The van der Waals surface area contributed by atoms with Crippen LogP contribution < -0.4 is 10.6 Å². The fourth-order valence-corrected chi connectivity index (χ4v) is 2.69. The van der Waals surface area contributed by atoms with Crippen molar-refractivity contribution < 1.29 is 28.6 Å². The molecular formula is C23H36N2O6. The number of carbonyl (C=O) groups is 3. The second-order valence-electron chi connectivity index (χ2n) is 8.25. The molecule has 0 aliphatic rings. The van der Waals surface area contributed by atoms with E-state index in [0.717, 1.165) is 18.4 Å². The molecule has 0 saturated carbocycles. The van der Waals surface area contributed by atoms with E-state index in [1.54, 1.807) is 20.8 Å². The standard InChI is InChI=1S/C23H36N2O6/c1-6-7-14-30-21(27)19(16-17-11-9-8-10-12-17)24-20(26)18(13-15-29-5)25-22(28)31-23(2,3)4/h8-12,18-19H,6-7,13-16H2,1-5H3,(H,24,26)(H,25,28)/t18-,19-/m0/s1. The molecule has 0 aliphatic carbocycles. The van der Waals surface area contributed by atoms with E-state index in [4.69, 9.17) is 14.2 Å². The van der Waals surface area contributed by atoms with Gasteiger partial charge in [-0.2, -0.15) is 0 Å². The van der Waals surface area contributed by atoms with Gasteiger partial charge in [-0.1, -0.05) is 43.7 Å². The van der Waals surface area contributed by atoms with Crippen LogP contribution in [0.2, 0.25) is 0 Å². The predicted octanol–water partition coefficient (Wildman–Crippen LogP) is 2.99. The van der Waals surface area contributed by atoms with Crippen molar-refractivity contribution in [3.8, 4) is 0 Å². The summed E-state index contributed by atoms with van der Waals surface area (Å²) in [5, 5.41) is 5.29. The van der Waals surface area contributed by atoms with Gasteiger partial charge in [0.1, 0.15) is 17.7 Å². The van der Waals surface area contributed by atoms with Crippen LogP contribution in [0, 0.1) is 0 Å². The average molecular weight is 437 g/mol. The second kappa shape index (κ2) is 13.6. The molecule has 0 unspecified atom stereocenters. The summed E-state index contributed by atoms with van der Waals surface area (Å²) in [6.45, 7) is 7.74. The molecule has 0 heterocycles. The van der Waals surface area contributed by atoms with Crippen molar-refractivity contribution in [2.45, 2.75) is 71.1 Å². The van der Waals surface area contributed by atoms with Crippen LogP contribution in [-0.2, 0) is 30.2 Å². The number of hydrogen-bond donors (Lipinski definition) is 2. The maximum Gasteiger partial charge on any atom is 0.408 e. The number of alkyl carbamates (subject to hydrolysis) is 1. The molecule has 8 heteroatoms. The van der Waals surface area contributed by atoms with E-state index >= 15 is 0 Å². The summed E-state index contributed by atoms with van der Waals surface area (Å²) in [6, 6.07) is 7.56. The highest BCUT2D eigenvalue weighted by atomic mass is 16.6. The number of hydrogen-bond acceptors (Lipinski definition) is 6. The lowest BCUT2D eigenvalue weighted by Crippen LogP contribution is -2.53. The van der Waals surface area contributed by atoms with Crippen LogP contribution in [-0.4, -0.2) is 56.0 Å². The van der Waals surface area contributed by atoms with Gasteiger partial charge in [-0.15, -0.1) is 0 Å². The molecule has 0 saturated heterocycles. The van der Waals surface area contributed by atoms with Crippen molar-refractivity contribution in [3.63, 3.8) is 0 Å². The molecule has 2 N–H and O–H groups in total. The summed E-state index contributed by atoms with van der Waals surface area (Å²) in [5.41, 5.74) is 0.180. The van der Waals surface area contributed by atoms with Crippen molar-refractivity contribution in [3.05, 3.63) is 35.9 Å². The Bertz CT molecular complexity index is 687. The molecule has 0 bridgehead atoms. The summed E-state index contributed by atoms with van der Waals surface area (Å²) < 4.78 is 15.6. The zero-order valence-electron chi connectivity index (χ0n) is 19.2. The van der Waals surface area contributed by atoms with Gasteiger partial charge in [-0.05, 0) is 32.8 Å². The summed E-state index contributed by atoms with van der Waals surface area (Å²) in [4.78, 5) is 37.7. The quantitative estimate of drug-likeness (QED) is 0.386. The number of carbonyl (C=O) groups excluding carboxylic acids is 3. The molecule has 2 amide bonds. The first-order valence-electron chi connectivity index (χ1n) is 10.7. The summed E-state index contributed by atoms with van der Waals surface area (Å²) in [6.07, 6.45) is 1.43. The van der Waals surface area contributed by atoms with Gasteiger partial charge < -0.3 is 24.8 Å². The van der Waals surface area contributed by atoms with Gasteiger partial charge in [0.25, 0.3) is 0 Å². The highest BCUT2D eigenvalue weighted by molar-refractivity contribution is 5.89. The highest BCUT2D eigenvalue weighted by Crippen LogP contribution is 2.09. The molecule has 1 rings (SSSR count). The molecule has 174 valence electrons. The van der Waals surface area contributed by atoms with Crippen LogP contribution >= 0.6 is 0 Å². The normalized spacial score (nSPS) is 13.1. The largest absolute Gasteiger partial charge is 0.464 e. The minimum atomic E-state index is -0.920. The number of rotatable bonds is 12. The summed E-state index contributed by atoms with van der Waals surface area (Å²) in [5.74, 6) is -1.01. The van der Waals surface area contributed by atoms with Crippen LogP contribution in [0.15, 0.2) is 30.3 Å². The first-order chi connectivity index (χ1) is 14.7. The van der Waals surface area contributed by atoms with Gasteiger partial charge in [-0.25, -0.2) is 9.59 Å². The number of unbranched alkanes of at least 4 members (excludes halogenated alkanes) is 1.